The molecule has 1 atom stereocenters. The van der Waals surface area contributed by atoms with Gasteiger partial charge in [-0.1, -0.05) is 52.4 Å². The number of unbranched alkanes of at least 4 members (excludes halogenated alkanes) is 6. The van der Waals surface area contributed by atoms with E-state index in [2.05, 4.69) is 19.2 Å². The van der Waals surface area contributed by atoms with E-state index < -0.39 is 0 Å². The first-order chi connectivity index (χ1) is 12.6. The maximum Gasteiger partial charge on any atom is 0.341 e. The Morgan fingerprint density at radius 2 is 1.85 bits per heavy atom. The average Bonchev–Trinajstić information content (AvgIpc) is 2.96. The van der Waals surface area contributed by atoms with Crippen LogP contribution in [0.25, 0.3) is 0 Å². The van der Waals surface area contributed by atoms with Crippen LogP contribution in [0.2, 0.25) is 0 Å². The SMILES string of the molecule is CCCCCCCCCC(=O)Nc1sc2c(c1C(=O)OC)CCC(C)C2. The lowest BCUT2D eigenvalue weighted by atomic mass is 9.88. The number of fused-ring (bicyclic) bond motifs is 1. The molecule has 0 aliphatic heterocycles. The highest BCUT2D eigenvalue weighted by Crippen LogP contribution is 2.40. The molecule has 5 heteroatoms. The van der Waals surface area contributed by atoms with Gasteiger partial charge in [-0.25, -0.2) is 4.79 Å². The molecule has 4 nitrogen and oxygen atoms in total. The Labute approximate surface area is 161 Å². The molecule has 0 bridgehead atoms. The first-order valence-electron chi connectivity index (χ1n) is 10.1. The summed E-state index contributed by atoms with van der Waals surface area (Å²) in [6.07, 6.45) is 11.8. The Balaban J connectivity index is 1.90. The first kappa shape index (κ1) is 20.9. The van der Waals surface area contributed by atoms with Crippen molar-refractivity contribution in [2.24, 2.45) is 5.92 Å². The van der Waals surface area contributed by atoms with E-state index in [1.165, 1.54) is 44.1 Å². The zero-order chi connectivity index (χ0) is 18.9. The number of ether oxygens (including phenoxy) is 1. The van der Waals surface area contributed by atoms with E-state index in [1.54, 1.807) is 11.3 Å². The van der Waals surface area contributed by atoms with Crippen molar-refractivity contribution in [2.75, 3.05) is 12.4 Å². The van der Waals surface area contributed by atoms with E-state index >= 15 is 0 Å². The van der Waals surface area contributed by atoms with Crippen LogP contribution in [0.1, 0.15) is 92.4 Å². The van der Waals surface area contributed by atoms with Crippen LogP contribution in [0.4, 0.5) is 5.00 Å². The largest absolute Gasteiger partial charge is 0.465 e. The second-order valence-electron chi connectivity index (χ2n) is 7.47. The lowest BCUT2D eigenvalue weighted by molar-refractivity contribution is -0.116. The quantitative estimate of drug-likeness (QED) is 0.417. The predicted molar refractivity (Wildman–Crippen MR) is 108 cm³/mol. The third-order valence-electron chi connectivity index (χ3n) is 5.16. The number of esters is 1. The van der Waals surface area contributed by atoms with Crippen molar-refractivity contribution < 1.29 is 14.3 Å². The van der Waals surface area contributed by atoms with Crippen LogP contribution >= 0.6 is 11.3 Å². The topological polar surface area (TPSA) is 55.4 Å². The molecule has 0 aromatic carbocycles. The fourth-order valence-corrected chi connectivity index (χ4v) is 5.00. The van der Waals surface area contributed by atoms with Crippen molar-refractivity contribution in [1.82, 2.24) is 0 Å². The summed E-state index contributed by atoms with van der Waals surface area (Å²) in [6.45, 7) is 4.45. The molecule has 1 amide bonds. The number of carbonyl (C=O) groups is 2. The number of nitrogens with one attached hydrogen (secondary N) is 1. The normalized spacial score (nSPS) is 16.2. The van der Waals surface area contributed by atoms with Gasteiger partial charge < -0.3 is 10.1 Å². The molecule has 0 saturated heterocycles. The first-order valence-corrected chi connectivity index (χ1v) is 10.9. The van der Waals surface area contributed by atoms with Crippen LogP contribution in [0.5, 0.6) is 0 Å². The van der Waals surface area contributed by atoms with Crippen LogP contribution in [0.3, 0.4) is 0 Å². The standard InChI is InChI=1S/C21H33NO3S/c1-4-5-6-7-8-9-10-11-18(23)22-20-19(21(24)25-3)16-13-12-15(2)14-17(16)26-20/h15H,4-14H2,1-3H3,(H,22,23). The van der Waals surface area contributed by atoms with Crippen molar-refractivity contribution in [2.45, 2.75) is 84.5 Å². The van der Waals surface area contributed by atoms with Crippen molar-refractivity contribution in [1.29, 1.82) is 0 Å². The number of carbonyl (C=O) groups excluding carboxylic acids is 2. The van der Waals surface area contributed by atoms with E-state index in [0.717, 1.165) is 37.7 Å². The zero-order valence-electron chi connectivity index (χ0n) is 16.5. The van der Waals surface area contributed by atoms with Crippen LogP contribution in [-0.2, 0) is 22.4 Å². The molecule has 1 aromatic heterocycles. The molecule has 26 heavy (non-hydrogen) atoms. The number of methoxy groups -OCH3 is 1. The van der Waals surface area contributed by atoms with E-state index in [9.17, 15) is 9.59 Å². The highest BCUT2D eigenvalue weighted by atomic mass is 32.1. The summed E-state index contributed by atoms with van der Waals surface area (Å²) in [5.74, 6) is 0.307. The third-order valence-corrected chi connectivity index (χ3v) is 6.33. The maximum atomic E-state index is 12.3. The summed E-state index contributed by atoms with van der Waals surface area (Å²) in [6, 6.07) is 0. The zero-order valence-corrected chi connectivity index (χ0v) is 17.3. The molecule has 1 aromatic rings. The van der Waals surface area contributed by atoms with E-state index in [1.807, 2.05) is 0 Å². The Kier molecular flexibility index (Phi) is 8.63. The van der Waals surface area contributed by atoms with Crippen molar-refractivity contribution in [3.05, 3.63) is 16.0 Å². The van der Waals surface area contributed by atoms with Crippen LogP contribution in [-0.4, -0.2) is 19.0 Å². The Morgan fingerprint density at radius 3 is 2.54 bits per heavy atom. The minimum Gasteiger partial charge on any atom is -0.465 e. The molecular weight excluding hydrogens is 346 g/mol. The average molecular weight is 380 g/mol. The summed E-state index contributed by atoms with van der Waals surface area (Å²) >= 11 is 1.56. The van der Waals surface area contributed by atoms with Crippen LogP contribution in [0, 0.1) is 5.92 Å². The number of anilines is 1. The molecule has 0 saturated carbocycles. The third kappa shape index (κ3) is 5.83. The fourth-order valence-electron chi connectivity index (χ4n) is 3.59. The van der Waals surface area contributed by atoms with Gasteiger partial charge >= 0.3 is 5.97 Å². The van der Waals surface area contributed by atoms with E-state index in [-0.39, 0.29) is 11.9 Å². The summed E-state index contributed by atoms with van der Waals surface area (Å²) in [5.41, 5.74) is 1.68. The molecule has 146 valence electrons. The van der Waals surface area contributed by atoms with Gasteiger partial charge in [0.1, 0.15) is 5.00 Å². The molecule has 0 fully saturated rings. The Hall–Kier alpha value is -1.36. The van der Waals surface area contributed by atoms with Gasteiger partial charge in [-0.3, -0.25) is 4.79 Å². The lowest BCUT2D eigenvalue weighted by Gasteiger charge is -2.18. The van der Waals surface area contributed by atoms with E-state index in [4.69, 9.17) is 4.74 Å². The molecule has 1 heterocycles. The summed E-state index contributed by atoms with van der Waals surface area (Å²) < 4.78 is 4.97. The minimum absolute atomic E-state index is 0.00959. The van der Waals surface area contributed by atoms with Gasteiger partial charge in [-0.2, -0.15) is 0 Å². The van der Waals surface area contributed by atoms with Gasteiger partial charge in [0.25, 0.3) is 0 Å². The second-order valence-corrected chi connectivity index (χ2v) is 8.57. The van der Waals surface area contributed by atoms with Crippen molar-refractivity contribution in [3.8, 4) is 0 Å². The summed E-state index contributed by atoms with van der Waals surface area (Å²) in [4.78, 5) is 25.8. The molecule has 1 N–H and O–H groups in total. The molecule has 1 aliphatic rings. The van der Waals surface area contributed by atoms with Gasteiger partial charge in [-0.15, -0.1) is 11.3 Å². The lowest BCUT2D eigenvalue weighted by Crippen LogP contribution is -2.15. The van der Waals surface area contributed by atoms with Crippen molar-refractivity contribution >= 4 is 28.2 Å². The van der Waals surface area contributed by atoms with Gasteiger partial charge in [0, 0.05) is 11.3 Å². The van der Waals surface area contributed by atoms with E-state index in [0.29, 0.717) is 22.9 Å². The summed E-state index contributed by atoms with van der Waals surface area (Å²) in [7, 11) is 1.40. The number of thiophene rings is 1. The number of rotatable bonds is 10. The molecular formula is C21H33NO3S. The maximum absolute atomic E-state index is 12.3. The molecule has 2 rings (SSSR count). The highest BCUT2D eigenvalue weighted by molar-refractivity contribution is 7.17. The number of hydrogen-bond acceptors (Lipinski definition) is 4. The number of amides is 1. The Morgan fingerprint density at radius 1 is 1.15 bits per heavy atom. The number of hydrogen-bond donors (Lipinski definition) is 1. The van der Waals surface area contributed by atoms with Crippen molar-refractivity contribution in [3.63, 3.8) is 0 Å². The molecule has 0 radical (unpaired) electrons. The molecule has 1 aliphatic carbocycles. The fraction of sp³-hybridized carbons (Fsp3) is 0.714. The van der Waals surface area contributed by atoms with Gasteiger partial charge in [0.15, 0.2) is 0 Å². The van der Waals surface area contributed by atoms with Gasteiger partial charge in [-0.05, 0) is 37.2 Å². The van der Waals surface area contributed by atoms with Gasteiger partial charge in [0.05, 0.1) is 12.7 Å². The molecule has 0 spiro atoms. The highest BCUT2D eigenvalue weighted by Gasteiger charge is 2.28. The minimum atomic E-state index is -0.330. The summed E-state index contributed by atoms with van der Waals surface area (Å²) in [5, 5.41) is 3.67. The second kappa shape index (κ2) is 10.7. The molecule has 1 unspecified atom stereocenters. The smallest absolute Gasteiger partial charge is 0.341 e. The van der Waals surface area contributed by atoms with Crippen LogP contribution in [0.15, 0.2) is 0 Å². The predicted octanol–water partition coefficient (Wildman–Crippen LogP) is 5.74. The van der Waals surface area contributed by atoms with Gasteiger partial charge in [0.2, 0.25) is 5.91 Å². The Bertz CT molecular complexity index is 609. The monoisotopic (exact) mass is 379 g/mol. The van der Waals surface area contributed by atoms with Crippen LogP contribution < -0.4 is 5.32 Å².